The van der Waals surface area contributed by atoms with Gasteiger partial charge in [-0.05, 0) is 20.8 Å². The zero-order chi connectivity index (χ0) is 16.2. The third kappa shape index (κ3) is 7.72. The highest BCUT2D eigenvalue weighted by atomic mass is 32.1. The monoisotopic (exact) mass is 328 g/mol. The summed E-state index contributed by atoms with van der Waals surface area (Å²) in [5.74, 6) is 0.822. The van der Waals surface area contributed by atoms with Crippen LogP contribution in [0.4, 0.5) is 0 Å². The van der Waals surface area contributed by atoms with Gasteiger partial charge in [0.1, 0.15) is 0 Å². The molecule has 0 unspecified atom stereocenters. The molecule has 22 heavy (non-hydrogen) atoms. The molecule has 7 heteroatoms. The molecule has 0 bridgehead atoms. The molecule has 0 aliphatic rings. The normalized spacial score (nSPS) is 11.7. The molecule has 0 aliphatic heterocycles. The molecule has 126 valence electrons. The van der Waals surface area contributed by atoms with Crippen LogP contribution in [0.25, 0.3) is 0 Å². The summed E-state index contributed by atoms with van der Waals surface area (Å²) in [5.41, 5.74) is 1.13. The lowest BCUT2D eigenvalue weighted by Gasteiger charge is -2.10. The number of hydrogen-bond acceptors (Lipinski definition) is 5. The first-order valence-electron chi connectivity index (χ1n) is 7.69. The van der Waals surface area contributed by atoms with Gasteiger partial charge in [0, 0.05) is 31.5 Å². The predicted molar refractivity (Wildman–Crippen MR) is 92.0 cm³/mol. The van der Waals surface area contributed by atoms with Gasteiger partial charge in [-0.15, -0.1) is 11.3 Å². The molecule has 0 atom stereocenters. The van der Waals surface area contributed by atoms with Crippen molar-refractivity contribution in [1.29, 1.82) is 0 Å². The maximum Gasteiger partial charge on any atom is 0.191 e. The van der Waals surface area contributed by atoms with Gasteiger partial charge in [-0.1, -0.05) is 0 Å². The highest BCUT2D eigenvalue weighted by molar-refractivity contribution is 7.11. The van der Waals surface area contributed by atoms with Crippen molar-refractivity contribution in [2.24, 2.45) is 4.99 Å². The number of nitrogens with one attached hydrogen (secondary N) is 2. The first kappa shape index (κ1) is 18.9. The van der Waals surface area contributed by atoms with Gasteiger partial charge >= 0.3 is 0 Å². The Kier molecular flexibility index (Phi) is 9.77. The molecule has 0 saturated carbocycles. The number of aliphatic imine (C=N–C) groups is 1. The van der Waals surface area contributed by atoms with Crippen LogP contribution in [-0.2, 0) is 15.9 Å². The van der Waals surface area contributed by atoms with Crippen LogP contribution in [0, 0.1) is 13.8 Å². The SMILES string of the molecule is CCNC(=NCCOCCOC)NCCc1nc(C)c(C)s1. The molecular formula is C15H28N4O2S. The minimum absolute atomic E-state index is 0.602. The van der Waals surface area contributed by atoms with Crippen LogP contribution in [0.1, 0.15) is 22.5 Å². The second-order valence-electron chi connectivity index (χ2n) is 4.79. The molecule has 0 aliphatic carbocycles. The molecule has 1 rings (SSSR count). The number of aryl methyl sites for hydroxylation is 2. The Bertz CT molecular complexity index is 429. The van der Waals surface area contributed by atoms with Crippen molar-refractivity contribution in [3.05, 3.63) is 15.6 Å². The molecule has 1 aromatic heterocycles. The van der Waals surface area contributed by atoms with Crippen molar-refractivity contribution in [2.45, 2.75) is 27.2 Å². The van der Waals surface area contributed by atoms with Crippen LogP contribution in [0.15, 0.2) is 4.99 Å². The molecule has 0 fully saturated rings. The number of rotatable bonds is 10. The Morgan fingerprint density at radius 1 is 1.23 bits per heavy atom. The van der Waals surface area contributed by atoms with Gasteiger partial charge in [0.25, 0.3) is 0 Å². The molecule has 1 heterocycles. The van der Waals surface area contributed by atoms with Crippen LogP contribution >= 0.6 is 11.3 Å². The van der Waals surface area contributed by atoms with E-state index in [1.807, 2.05) is 0 Å². The van der Waals surface area contributed by atoms with Gasteiger partial charge in [0.2, 0.25) is 0 Å². The maximum absolute atomic E-state index is 5.40. The smallest absolute Gasteiger partial charge is 0.191 e. The van der Waals surface area contributed by atoms with Crippen molar-refractivity contribution in [1.82, 2.24) is 15.6 Å². The van der Waals surface area contributed by atoms with E-state index in [1.165, 1.54) is 9.88 Å². The van der Waals surface area contributed by atoms with Gasteiger partial charge in [-0.3, -0.25) is 4.99 Å². The Balaban J connectivity index is 2.27. The number of aromatic nitrogens is 1. The summed E-state index contributed by atoms with van der Waals surface area (Å²) < 4.78 is 10.3. The number of thiazole rings is 1. The van der Waals surface area contributed by atoms with E-state index in [2.05, 4.69) is 41.4 Å². The lowest BCUT2D eigenvalue weighted by molar-refractivity contribution is 0.0748. The highest BCUT2D eigenvalue weighted by Gasteiger charge is 2.04. The fraction of sp³-hybridized carbons (Fsp3) is 0.733. The number of methoxy groups -OCH3 is 1. The standard InChI is InChI=1S/C15H28N4O2S/c1-5-16-15(18-8-9-21-11-10-20-4)17-7-6-14-19-12(2)13(3)22-14/h5-11H2,1-4H3,(H2,16,17,18). The molecule has 0 saturated heterocycles. The van der Waals surface area contributed by atoms with Crippen molar-refractivity contribution in [3.8, 4) is 0 Å². The first-order valence-corrected chi connectivity index (χ1v) is 8.50. The van der Waals surface area contributed by atoms with Gasteiger partial charge in [0.15, 0.2) is 5.96 Å². The molecule has 0 amide bonds. The summed E-state index contributed by atoms with van der Waals surface area (Å²) in [7, 11) is 1.67. The Hall–Kier alpha value is -1.18. The summed E-state index contributed by atoms with van der Waals surface area (Å²) in [6.45, 7) is 10.3. The number of hydrogen-bond donors (Lipinski definition) is 2. The van der Waals surface area contributed by atoms with Gasteiger partial charge in [0.05, 0.1) is 37.1 Å². The zero-order valence-corrected chi connectivity index (χ0v) is 14.9. The van der Waals surface area contributed by atoms with E-state index in [-0.39, 0.29) is 0 Å². The van der Waals surface area contributed by atoms with Gasteiger partial charge < -0.3 is 20.1 Å². The van der Waals surface area contributed by atoms with E-state index < -0.39 is 0 Å². The minimum Gasteiger partial charge on any atom is -0.382 e. The topological polar surface area (TPSA) is 67.8 Å². The fourth-order valence-electron chi connectivity index (χ4n) is 1.74. The summed E-state index contributed by atoms with van der Waals surface area (Å²) >= 11 is 1.77. The second kappa shape index (κ2) is 11.4. The first-order chi connectivity index (χ1) is 10.7. The summed E-state index contributed by atoms with van der Waals surface area (Å²) in [5, 5.41) is 7.72. The Morgan fingerprint density at radius 3 is 2.68 bits per heavy atom. The van der Waals surface area contributed by atoms with E-state index >= 15 is 0 Å². The minimum atomic E-state index is 0.602. The molecular weight excluding hydrogens is 300 g/mol. The third-order valence-corrected chi connectivity index (χ3v) is 4.12. The van der Waals surface area contributed by atoms with Crippen molar-refractivity contribution in [2.75, 3.05) is 46.6 Å². The summed E-state index contributed by atoms with van der Waals surface area (Å²) in [6, 6.07) is 0. The fourth-order valence-corrected chi connectivity index (χ4v) is 2.68. The summed E-state index contributed by atoms with van der Waals surface area (Å²) in [6.07, 6.45) is 0.911. The number of ether oxygens (including phenoxy) is 2. The molecule has 0 spiro atoms. The van der Waals surface area contributed by atoms with E-state index in [1.54, 1.807) is 18.4 Å². The lowest BCUT2D eigenvalue weighted by atomic mass is 10.4. The highest BCUT2D eigenvalue weighted by Crippen LogP contribution is 2.16. The van der Waals surface area contributed by atoms with Crippen LogP contribution in [0.5, 0.6) is 0 Å². The molecule has 1 aromatic rings. The average Bonchev–Trinajstić information content (AvgIpc) is 2.81. The second-order valence-corrected chi connectivity index (χ2v) is 6.08. The van der Waals surface area contributed by atoms with E-state index in [0.29, 0.717) is 26.4 Å². The predicted octanol–water partition coefficient (Wildman–Crippen LogP) is 1.52. The molecule has 0 radical (unpaired) electrons. The molecule has 6 nitrogen and oxygen atoms in total. The van der Waals surface area contributed by atoms with E-state index in [9.17, 15) is 0 Å². The van der Waals surface area contributed by atoms with E-state index in [0.717, 1.165) is 31.2 Å². The van der Waals surface area contributed by atoms with Gasteiger partial charge in [-0.25, -0.2) is 4.98 Å². The molecule has 2 N–H and O–H groups in total. The number of guanidine groups is 1. The molecule has 0 aromatic carbocycles. The van der Waals surface area contributed by atoms with Crippen LogP contribution in [0.2, 0.25) is 0 Å². The summed E-state index contributed by atoms with van der Waals surface area (Å²) in [4.78, 5) is 10.3. The third-order valence-electron chi connectivity index (χ3n) is 2.99. The largest absolute Gasteiger partial charge is 0.382 e. The zero-order valence-electron chi connectivity index (χ0n) is 14.1. The van der Waals surface area contributed by atoms with Crippen molar-refractivity contribution >= 4 is 17.3 Å². The average molecular weight is 328 g/mol. The van der Waals surface area contributed by atoms with Crippen molar-refractivity contribution < 1.29 is 9.47 Å². The van der Waals surface area contributed by atoms with Crippen LogP contribution in [-0.4, -0.2) is 57.5 Å². The van der Waals surface area contributed by atoms with Gasteiger partial charge in [-0.2, -0.15) is 0 Å². The number of nitrogens with zero attached hydrogens (tertiary/aromatic N) is 2. The van der Waals surface area contributed by atoms with Crippen LogP contribution < -0.4 is 10.6 Å². The quantitative estimate of drug-likeness (QED) is 0.387. The maximum atomic E-state index is 5.40. The Labute approximate surface area is 137 Å². The van der Waals surface area contributed by atoms with E-state index in [4.69, 9.17) is 9.47 Å². The van der Waals surface area contributed by atoms with Crippen molar-refractivity contribution in [3.63, 3.8) is 0 Å². The van der Waals surface area contributed by atoms with Crippen LogP contribution in [0.3, 0.4) is 0 Å². The Morgan fingerprint density at radius 2 is 2.05 bits per heavy atom. The lowest BCUT2D eigenvalue weighted by Crippen LogP contribution is -2.38.